The van der Waals surface area contributed by atoms with Gasteiger partial charge in [0.2, 0.25) is 0 Å². The number of guanidine groups is 1. The van der Waals surface area contributed by atoms with Crippen LogP contribution in [0.1, 0.15) is 25.2 Å². The maximum absolute atomic E-state index is 6.12. The molecule has 2 aliphatic heterocycles. The van der Waals surface area contributed by atoms with Crippen molar-refractivity contribution in [3.8, 4) is 0 Å². The number of ether oxygens (including phenoxy) is 1. The smallest absolute Gasteiger partial charge is 0.194 e. The van der Waals surface area contributed by atoms with Gasteiger partial charge in [0.05, 0.1) is 18.8 Å². The molecule has 0 bridgehead atoms. The number of likely N-dealkylation sites (tertiary alicyclic amines) is 1. The number of hydrogen-bond donors (Lipinski definition) is 1. The summed E-state index contributed by atoms with van der Waals surface area (Å²) in [6, 6.07) is 11.1. The molecule has 29 heavy (non-hydrogen) atoms. The van der Waals surface area contributed by atoms with Crippen LogP contribution >= 0.6 is 0 Å². The van der Waals surface area contributed by atoms with Gasteiger partial charge in [-0.05, 0) is 19.4 Å². The predicted molar refractivity (Wildman–Crippen MR) is 112 cm³/mol. The van der Waals surface area contributed by atoms with E-state index in [0.717, 1.165) is 57.7 Å². The zero-order chi connectivity index (χ0) is 20.1. The molecule has 0 saturated carbocycles. The maximum Gasteiger partial charge on any atom is 0.194 e. The minimum atomic E-state index is 0.218. The summed E-state index contributed by atoms with van der Waals surface area (Å²) in [7, 11) is 0. The van der Waals surface area contributed by atoms with Gasteiger partial charge in [-0.3, -0.25) is 4.90 Å². The van der Waals surface area contributed by atoms with Gasteiger partial charge >= 0.3 is 0 Å². The van der Waals surface area contributed by atoms with Crippen LogP contribution in [0.15, 0.2) is 41.7 Å². The lowest BCUT2D eigenvalue weighted by Gasteiger charge is -2.36. The van der Waals surface area contributed by atoms with Crippen molar-refractivity contribution in [2.45, 2.75) is 45.6 Å². The van der Waals surface area contributed by atoms with E-state index in [4.69, 9.17) is 9.73 Å². The van der Waals surface area contributed by atoms with Crippen molar-refractivity contribution < 1.29 is 4.74 Å². The summed E-state index contributed by atoms with van der Waals surface area (Å²) in [6.07, 6.45) is 1.98. The van der Waals surface area contributed by atoms with Gasteiger partial charge in [0.1, 0.15) is 12.9 Å². The number of rotatable bonds is 6. The average Bonchev–Trinajstić information content (AvgIpc) is 3.39. The normalized spacial score (nSPS) is 22.7. The molecule has 2 aliphatic rings. The fourth-order valence-corrected chi connectivity index (χ4v) is 4.18. The number of hydrogen-bond acceptors (Lipinski definition) is 5. The minimum Gasteiger partial charge on any atom is -0.373 e. The van der Waals surface area contributed by atoms with Gasteiger partial charge in [-0.15, -0.1) is 10.2 Å². The zero-order valence-electron chi connectivity index (χ0n) is 17.4. The third kappa shape index (κ3) is 4.59. The van der Waals surface area contributed by atoms with E-state index in [1.54, 1.807) is 6.33 Å². The average molecular weight is 398 g/mol. The highest BCUT2D eigenvalue weighted by Gasteiger charge is 2.41. The maximum atomic E-state index is 6.12. The molecule has 4 rings (SSSR count). The number of nitrogens with one attached hydrogen (secondary N) is 1. The predicted octanol–water partition coefficient (Wildman–Crippen LogP) is 1.35. The highest BCUT2D eigenvalue weighted by Crippen LogP contribution is 2.24. The molecule has 2 fully saturated rings. The second kappa shape index (κ2) is 9.37. The minimum absolute atomic E-state index is 0.218. The molecule has 156 valence electrons. The van der Waals surface area contributed by atoms with E-state index in [1.165, 1.54) is 5.56 Å². The lowest BCUT2D eigenvalue weighted by molar-refractivity contribution is -0.0502. The monoisotopic (exact) mass is 397 g/mol. The molecule has 0 amide bonds. The Morgan fingerprint density at radius 2 is 2.10 bits per heavy atom. The Kier molecular flexibility index (Phi) is 6.41. The molecular formula is C21H31N7O. The Morgan fingerprint density at radius 3 is 2.90 bits per heavy atom. The Hall–Kier alpha value is -2.45. The van der Waals surface area contributed by atoms with E-state index in [-0.39, 0.29) is 6.10 Å². The first-order valence-electron chi connectivity index (χ1n) is 10.6. The van der Waals surface area contributed by atoms with Gasteiger partial charge in [-0.2, -0.15) is 0 Å². The molecule has 8 heteroatoms. The van der Waals surface area contributed by atoms with Gasteiger partial charge in [0.15, 0.2) is 11.8 Å². The third-order valence-corrected chi connectivity index (χ3v) is 5.69. The quantitative estimate of drug-likeness (QED) is 0.586. The first-order valence-corrected chi connectivity index (χ1v) is 10.6. The Morgan fingerprint density at radius 1 is 1.24 bits per heavy atom. The van der Waals surface area contributed by atoms with Crippen LogP contribution in [0, 0.1) is 0 Å². The van der Waals surface area contributed by atoms with Crippen molar-refractivity contribution in [3.05, 3.63) is 48.0 Å². The van der Waals surface area contributed by atoms with Crippen molar-refractivity contribution in [1.29, 1.82) is 0 Å². The molecule has 2 unspecified atom stereocenters. The summed E-state index contributed by atoms with van der Waals surface area (Å²) in [5.41, 5.74) is 1.35. The van der Waals surface area contributed by atoms with E-state index in [1.807, 2.05) is 4.57 Å². The lowest BCUT2D eigenvalue weighted by atomic mass is 10.1. The van der Waals surface area contributed by atoms with E-state index in [0.29, 0.717) is 12.6 Å². The Bertz CT molecular complexity index is 806. The van der Waals surface area contributed by atoms with Crippen LogP contribution in [0.4, 0.5) is 0 Å². The van der Waals surface area contributed by atoms with Crippen LogP contribution in [0.5, 0.6) is 0 Å². The Balaban J connectivity index is 1.45. The lowest BCUT2D eigenvalue weighted by Crippen LogP contribution is -2.50. The molecule has 1 N–H and O–H groups in total. The summed E-state index contributed by atoms with van der Waals surface area (Å²) in [5, 5.41) is 11.7. The first-order chi connectivity index (χ1) is 14.3. The topological polar surface area (TPSA) is 70.8 Å². The van der Waals surface area contributed by atoms with Crippen molar-refractivity contribution in [3.63, 3.8) is 0 Å². The number of aryl methyl sites for hydroxylation is 1. The van der Waals surface area contributed by atoms with E-state index >= 15 is 0 Å². The first kappa shape index (κ1) is 19.8. The summed E-state index contributed by atoms with van der Waals surface area (Å²) in [4.78, 5) is 9.73. The number of benzene rings is 1. The molecular weight excluding hydrogens is 366 g/mol. The number of nitrogens with zero attached hydrogens (tertiary/aromatic N) is 6. The van der Waals surface area contributed by atoms with Crippen molar-refractivity contribution in [2.75, 3.05) is 32.8 Å². The van der Waals surface area contributed by atoms with E-state index in [9.17, 15) is 0 Å². The molecule has 8 nitrogen and oxygen atoms in total. The van der Waals surface area contributed by atoms with Crippen LogP contribution in [-0.2, 0) is 24.4 Å². The molecule has 0 aliphatic carbocycles. The fraction of sp³-hybridized carbons (Fsp3) is 0.571. The van der Waals surface area contributed by atoms with Gasteiger partial charge in [-0.25, -0.2) is 4.99 Å². The van der Waals surface area contributed by atoms with E-state index in [2.05, 4.69) is 69.5 Å². The van der Waals surface area contributed by atoms with Crippen molar-refractivity contribution >= 4 is 5.96 Å². The van der Waals surface area contributed by atoms with Crippen LogP contribution < -0.4 is 5.32 Å². The standard InChI is InChI=1S/C21H31N7O/c1-3-22-21(23-12-20-25-24-16-26(20)4-2)28-14-18-19(15-28)29-11-10-27(18)13-17-8-6-5-7-9-17/h5-9,16,18-19H,3-4,10-15H2,1-2H3,(H,22,23). The van der Waals surface area contributed by atoms with Crippen LogP contribution in [-0.4, -0.2) is 75.5 Å². The highest BCUT2D eigenvalue weighted by atomic mass is 16.5. The van der Waals surface area contributed by atoms with Crippen LogP contribution in [0.25, 0.3) is 0 Å². The molecule has 2 saturated heterocycles. The van der Waals surface area contributed by atoms with Crippen molar-refractivity contribution in [1.82, 2.24) is 29.9 Å². The van der Waals surface area contributed by atoms with E-state index < -0.39 is 0 Å². The second-order valence-corrected chi connectivity index (χ2v) is 7.54. The highest BCUT2D eigenvalue weighted by molar-refractivity contribution is 5.80. The molecule has 1 aromatic heterocycles. The van der Waals surface area contributed by atoms with Crippen LogP contribution in [0.2, 0.25) is 0 Å². The van der Waals surface area contributed by atoms with Crippen molar-refractivity contribution in [2.24, 2.45) is 4.99 Å². The van der Waals surface area contributed by atoms with Gasteiger partial charge in [0, 0.05) is 39.3 Å². The van der Waals surface area contributed by atoms with Gasteiger partial charge in [0.25, 0.3) is 0 Å². The zero-order valence-corrected chi connectivity index (χ0v) is 17.4. The summed E-state index contributed by atoms with van der Waals surface area (Å²) < 4.78 is 8.15. The third-order valence-electron chi connectivity index (χ3n) is 5.69. The second-order valence-electron chi connectivity index (χ2n) is 7.54. The fourth-order valence-electron chi connectivity index (χ4n) is 4.18. The molecule has 2 aromatic rings. The number of aromatic nitrogens is 3. The SMILES string of the molecule is CCNC(=NCc1nncn1CC)N1CC2OCCN(Cc3ccccc3)C2C1. The molecule has 0 radical (unpaired) electrons. The molecule has 2 atom stereocenters. The number of aliphatic imine (C=N–C) groups is 1. The molecule has 1 aromatic carbocycles. The van der Waals surface area contributed by atoms with Gasteiger partial charge < -0.3 is 19.5 Å². The summed E-state index contributed by atoms with van der Waals surface area (Å²) in [6.45, 7) is 10.9. The molecule has 0 spiro atoms. The molecule has 3 heterocycles. The number of fused-ring (bicyclic) bond motifs is 1. The number of morpholine rings is 1. The van der Waals surface area contributed by atoms with Crippen LogP contribution in [0.3, 0.4) is 0 Å². The van der Waals surface area contributed by atoms with Gasteiger partial charge in [-0.1, -0.05) is 30.3 Å². The Labute approximate surface area is 172 Å². The summed E-state index contributed by atoms with van der Waals surface area (Å²) in [5.74, 6) is 1.82. The summed E-state index contributed by atoms with van der Waals surface area (Å²) >= 11 is 0. The largest absolute Gasteiger partial charge is 0.373 e.